The fourth-order valence-electron chi connectivity index (χ4n) is 11.2. The smallest absolute Gasteiger partial charge is 0.338 e. The topological polar surface area (TPSA) is 155 Å². The van der Waals surface area contributed by atoms with Crippen LogP contribution in [0.2, 0.25) is 0 Å². The van der Waals surface area contributed by atoms with Gasteiger partial charge in [-0.15, -0.1) is 0 Å². The Morgan fingerprint density at radius 3 is 2.36 bits per heavy atom. The zero-order valence-electron chi connectivity index (χ0n) is 28.0. The lowest BCUT2D eigenvalue weighted by molar-refractivity contribution is -0.440. The van der Waals surface area contributed by atoms with Crippen LogP contribution in [0.3, 0.4) is 0 Å². The second kappa shape index (κ2) is 11.3. The quantitative estimate of drug-likeness (QED) is 0.240. The molecule has 15 atom stereocenters. The molecule has 3 heterocycles. The zero-order chi connectivity index (χ0) is 33.7. The molecule has 5 N–H and O–H groups in total. The van der Waals surface area contributed by atoms with Gasteiger partial charge in [-0.2, -0.15) is 0 Å². The summed E-state index contributed by atoms with van der Waals surface area (Å²) in [4.78, 5) is 13.2. The number of hydrogen-bond donors (Lipinski definition) is 5. The van der Waals surface area contributed by atoms with E-state index in [1.807, 2.05) is 20.8 Å². The second-order valence-corrected chi connectivity index (χ2v) is 15.9. The van der Waals surface area contributed by atoms with Crippen LogP contribution < -0.4 is 0 Å². The van der Waals surface area contributed by atoms with Crippen molar-refractivity contribution in [1.82, 2.24) is 0 Å². The Morgan fingerprint density at radius 2 is 1.66 bits per heavy atom. The summed E-state index contributed by atoms with van der Waals surface area (Å²) in [5.74, 6) is -5.50. The highest BCUT2D eigenvalue weighted by molar-refractivity contribution is 5.89. The lowest BCUT2D eigenvalue weighted by Gasteiger charge is -2.62. The molecule has 10 nitrogen and oxygen atoms in total. The highest BCUT2D eigenvalue weighted by atomic mass is 16.9. The van der Waals surface area contributed by atoms with E-state index in [1.165, 1.54) is 0 Å². The fraction of sp³-hybridized carbons (Fsp3) is 0.757. The number of carbonyl (C=O) groups is 1. The van der Waals surface area contributed by atoms with E-state index < -0.39 is 89.0 Å². The van der Waals surface area contributed by atoms with Gasteiger partial charge in [0.2, 0.25) is 0 Å². The van der Waals surface area contributed by atoms with Gasteiger partial charge in [0.1, 0.15) is 30.0 Å². The van der Waals surface area contributed by atoms with Gasteiger partial charge >= 0.3 is 5.97 Å². The highest BCUT2D eigenvalue weighted by Gasteiger charge is 2.86. The number of rotatable bonds is 4. The largest absolute Gasteiger partial charge is 0.459 e. The maximum absolute atomic E-state index is 13.2. The van der Waals surface area contributed by atoms with Gasteiger partial charge in [0.25, 0.3) is 5.97 Å². The van der Waals surface area contributed by atoms with Crippen LogP contribution in [0.25, 0.3) is 0 Å². The Morgan fingerprint density at radius 1 is 0.979 bits per heavy atom. The van der Waals surface area contributed by atoms with Crippen molar-refractivity contribution in [3.8, 4) is 0 Å². The predicted octanol–water partition coefficient (Wildman–Crippen LogP) is 3.47. The van der Waals surface area contributed by atoms with Crippen molar-refractivity contribution in [3.63, 3.8) is 0 Å². The Balaban J connectivity index is 1.44. The van der Waals surface area contributed by atoms with Gasteiger partial charge in [-0.25, -0.2) is 4.79 Å². The van der Waals surface area contributed by atoms with Gasteiger partial charge in [0, 0.05) is 18.3 Å². The Hall–Kier alpha value is -1.89. The Bertz CT molecular complexity index is 1390. The first-order valence-corrected chi connectivity index (χ1v) is 17.6. The molecule has 3 aliphatic carbocycles. The first kappa shape index (κ1) is 33.6. The Kier molecular flexibility index (Phi) is 8.09. The summed E-state index contributed by atoms with van der Waals surface area (Å²) in [5, 5.41) is 62.7. The van der Waals surface area contributed by atoms with Crippen LogP contribution in [0.4, 0.5) is 0 Å². The highest BCUT2D eigenvalue weighted by Crippen LogP contribution is 2.72. The van der Waals surface area contributed by atoms with Gasteiger partial charge in [0.05, 0.1) is 23.4 Å². The van der Waals surface area contributed by atoms with Crippen LogP contribution in [0, 0.1) is 35.5 Å². The summed E-state index contributed by atoms with van der Waals surface area (Å²) < 4.78 is 26.5. The van der Waals surface area contributed by atoms with Crippen LogP contribution in [-0.4, -0.2) is 90.9 Å². The molecule has 3 bridgehead atoms. The van der Waals surface area contributed by atoms with Crippen molar-refractivity contribution in [1.29, 1.82) is 0 Å². The second-order valence-electron chi connectivity index (χ2n) is 15.9. The number of aliphatic hydroxyl groups is 5. The summed E-state index contributed by atoms with van der Waals surface area (Å²) in [6, 6.07) is 8.22. The molecule has 47 heavy (non-hydrogen) atoms. The molecule has 0 radical (unpaired) electrons. The molecule has 1 aromatic rings. The third-order valence-corrected chi connectivity index (χ3v) is 13.3. The summed E-state index contributed by atoms with van der Waals surface area (Å²) in [6.07, 6.45) is 0.176. The SMILES string of the molecule is C=C(C)C12CC(C)C34OC5(CCCCCCCC(C)C6C(C)C(O)C(O)(C(O)C(O)(COC(=O)c7ccccc7)C(O)C3C1O5)C64)O2. The molecule has 0 aromatic heterocycles. The predicted molar refractivity (Wildman–Crippen MR) is 170 cm³/mol. The maximum atomic E-state index is 13.2. The molecule has 6 aliphatic rings. The van der Waals surface area contributed by atoms with Crippen LogP contribution in [0.15, 0.2) is 42.5 Å². The van der Waals surface area contributed by atoms with E-state index in [9.17, 15) is 30.3 Å². The number of carbonyl (C=O) groups excluding carboxylic acids is 1. The van der Waals surface area contributed by atoms with Crippen molar-refractivity contribution >= 4 is 5.97 Å². The summed E-state index contributed by atoms with van der Waals surface area (Å²) in [6.45, 7) is 11.3. The minimum absolute atomic E-state index is 0.00175. The number of ether oxygens (including phenoxy) is 4. The van der Waals surface area contributed by atoms with E-state index in [-0.39, 0.29) is 17.4 Å². The van der Waals surface area contributed by atoms with E-state index in [0.29, 0.717) is 18.4 Å². The summed E-state index contributed by atoms with van der Waals surface area (Å²) in [5.41, 5.74) is -6.55. The van der Waals surface area contributed by atoms with E-state index >= 15 is 0 Å². The average molecular weight is 657 g/mol. The first-order chi connectivity index (χ1) is 22.2. The van der Waals surface area contributed by atoms with Gasteiger partial charge in [0.15, 0.2) is 5.60 Å². The molecule has 1 aromatic carbocycles. The standard InChI is InChI=1S/C37H52O10/c1-20(2)34-18-22(4)37-26-29(39)33(42,19-44-31(40)24-15-11-9-12-16-24)32(41)36(43)27(37)25(23(5)28(36)38)21(3)14-10-7-6-8-13-17-35(46-34,47-37)45-30(26)34/h9,11-12,15-16,21-23,25-30,32,38-39,41-43H,1,6-8,10,13-14,17-19H2,2-5H3. The van der Waals surface area contributed by atoms with Gasteiger partial charge in [-0.1, -0.05) is 77.7 Å². The van der Waals surface area contributed by atoms with Crippen LogP contribution in [0.1, 0.15) is 89.4 Å². The minimum atomic E-state index is -2.62. The normalized spacial score (nSPS) is 52.1. The average Bonchev–Trinajstić information content (AvgIpc) is 3.38. The number of esters is 1. The number of aliphatic hydroxyl groups excluding tert-OH is 3. The van der Waals surface area contributed by atoms with Crippen molar-refractivity contribution in [2.75, 3.05) is 6.61 Å². The van der Waals surface area contributed by atoms with E-state index in [0.717, 1.165) is 38.5 Å². The molecule has 3 saturated carbocycles. The third-order valence-electron chi connectivity index (χ3n) is 13.3. The molecular formula is C37H52O10. The van der Waals surface area contributed by atoms with Crippen molar-refractivity contribution in [3.05, 3.63) is 48.0 Å². The van der Waals surface area contributed by atoms with Gasteiger partial charge in [-0.3, -0.25) is 0 Å². The summed E-state index contributed by atoms with van der Waals surface area (Å²) in [7, 11) is 0. The van der Waals surface area contributed by atoms with Crippen molar-refractivity contribution in [2.45, 2.75) is 132 Å². The molecule has 0 amide bonds. The monoisotopic (exact) mass is 656 g/mol. The molecule has 15 unspecified atom stereocenters. The lowest BCUT2D eigenvalue weighted by atomic mass is 9.51. The van der Waals surface area contributed by atoms with Gasteiger partial charge < -0.3 is 44.5 Å². The van der Waals surface area contributed by atoms with E-state index in [4.69, 9.17) is 18.9 Å². The summed E-state index contributed by atoms with van der Waals surface area (Å²) >= 11 is 0. The zero-order valence-corrected chi connectivity index (χ0v) is 28.0. The van der Waals surface area contributed by atoms with Gasteiger partial charge in [-0.05, 0) is 61.1 Å². The molecule has 2 spiro atoms. The molecule has 10 heteroatoms. The molecule has 3 saturated heterocycles. The van der Waals surface area contributed by atoms with E-state index in [1.54, 1.807) is 30.3 Å². The number of hydrogen-bond acceptors (Lipinski definition) is 10. The Labute approximate surface area is 277 Å². The molecule has 3 aliphatic heterocycles. The maximum Gasteiger partial charge on any atom is 0.338 e. The van der Waals surface area contributed by atoms with Crippen LogP contribution in [0.5, 0.6) is 0 Å². The first-order valence-electron chi connectivity index (χ1n) is 17.6. The van der Waals surface area contributed by atoms with Crippen LogP contribution in [-0.2, 0) is 18.9 Å². The lowest BCUT2D eigenvalue weighted by Crippen LogP contribution is -2.74. The molecular weight excluding hydrogens is 604 g/mol. The van der Waals surface area contributed by atoms with E-state index in [2.05, 4.69) is 13.5 Å². The molecule has 7 rings (SSSR count). The van der Waals surface area contributed by atoms with Crippen LogP contribution >= 0.6 is 0 Å². The minimum Gasteiger partial charge on any atom is -0.459 e. The number of benzene rings is 1. The molecule has 6 fully saturated rings. The molecule has 260 valence electrons. The van der Waals surface area contributed by atoms with Crippen molar-refractivity contribution in [2.24, 2.45) is 35.5 Å². The third kappa shape index (κ3) is 4.41. The van der Waals surface area contributed by atoms with Crippen molar-refractivity contribution < 1.29 is 49.3 Å². The fourth-order valence-corrected chi connectivity index (χ4v) is 11.2.